The third-order valence-electron chi connectivity index (χ3n) is 3.23. The molecule has 0 aliphatic heterocycles. The standard InChI is InChI=1S/C19H18.C2H5ClN2.C2H6.CH3.Pd/c1-3-8-18(4-2)19-13-11-17(12-14-19)15-16-9-6-5-7-10-16;1-2(3)5-4;1-2;;/h3-14H,1-2,15H2;4H2,1H3;1-2H3;1H3;/q;;;-1;/b18-8+;5-2+;;;. The molecule has 0 aliphatic rings. The van der Waals surface area contributed by atoms with E-state index in [1.54, 1.807) is 13.0 Å². The Bertz CT molecular complexity index is 701. The van der Waals surface area contributed by atoms with Crippen molar-refractivity contribution in [3.63, 3.8) is 0 Å². The van der Waals surface area contributed by atoms with E-state index in [1.807, 2.05) is 32.1 Å². The molecule has 0 fully saturated rings. The van der Waals surface area contributed by atoms with E-state index in [-0.39, 0.29) is 27.8 Å². The van der Waals surface area contributed by atoms with E-state index in [4.69, 9.17) is 11.6 Å². The Balaban J connectivity index is -0.000000609. The SMILES string of the molecule is C/C(Cl)=N\N.C=C/C=C(\C=C)c1ccc(Cc2ccccc2)cc1.CC.[CH3-].[Pd]. The maximum absolute atomic E-state index is 5.09. The summed E-state index contributed by atoms with van der Waals surface area (Å²) in [6.07, 6.45) is 6.58. The van der Waals surface area contributed by atoms with Gasteiger partial charge in [-0.1, -0.05) is 111 Å². The molecule has 0 spiro atoms. The van der Waals surface area contributed by atoms with Gasteiger partial charge >= 0.3 is 0 Å². The van der Waals surface area contributed by atoms with Gasteiger partial charge < -0.3 is 13.3 Å². The fourth-order valence-electron chi connectivity index (χ4n) is 2.06. The molecule has 0 unspecified atom stereocenters. The van der Waals surface area contributed by atoms with Gasteiger partial charge in [-0.05, 0) is 35.6 Å². The Morgan fingerprint density at radius 1 is 1.00 bits per heavy atom. The summed E-state index contributed by atoms with van der Waals surface area (Å²) in [5.74, 6) is 4.63. The van der Waals surface area contributed by atoms with Crippen LogP contribution in [0.15, 0.2) is 91.1 Å². The number of allylic oxidation sites excluding steroid dienone is 4. The van der Waals surface area contributed by atoms with Crippen molar-refractivity contribution < 1.29 is 20.4 Å². The normalized spacial score (nSPS) is 9.86. The van der Waals surface area contributed by atoms with Crippen LogP contribution in [0.1, 0.15) is 37.5 Å². The zero-order valence-corrected chi connectivity index (χ0v) is 19.6. The van der Waals surface area contributed by atoms with Crippen LogP contribution in [0.25, 0.3) is 5.57 Å². The van der Waals surface area contributed by atoms with E-state index in [0.717, 1.165) is 12.0 Å². The van der Waals surface area contributed by atoms with Crippen LogP contribution in [0.3, 0.4) is 0 Å². The van der Waals surface area contributed by atoms with Crippen LogP contribution in [0.5, 0.6) is 0 Å². The van der Waals surface area contributed by atoms with Crippen molar-refractivity contribution in [1.29, 1.82) is 0 Å². The first kappa shape index (κ1) is 30.8. The number of hydrogen-bond acceptors (Lipinski definition) is 2. The Morgan fingerprint density at radius 3 is 1.86 bits per heavy atom. The number of nitrogens with two attached hydrogens (primary N) is 1. The van der Waals surface area contributed by atoms with E-state index in [0.29, 0.717) is 5.17 Å². The Kier molecular flexibility index (Phi) is 21.8. The number of halogens is 1. The van der Waals surface area contributed by atoms with Crippen molar-refractivity contribution in [3.8, 4) is 0 Å². The van der Waals surface area contributed by atoms with E-state index in [9.17, 15) is 0 Å². The monoisotopic (exact) mass is 489 g/mol. The molecule has 0 aromatic heterocycles. The van der Waals surface area contributed by atoms with Gasteiger partial charge in [0, 0.05) is 20.4 Å². The van der Waals surface area contributed by atoms with Crippen LogP contribution in [0, 0.1) is 7.43 Å². The molecular weight excluding hydrogens is 458 g/mol. The predicted octanol–water partition coefficient (Wildman–Crippen LogP) is 7.02. The second-order valence-corrected chi connectivity index (χ2v) is 5.59. The predicted molar refractivity (Wildman–Crippen MR) is 125 cm³/mol. The summed E-state index contributed by atoms with van der Waals surface area (Å²) in [5.41, 5.74) is 4.92. The van der Waals surface area contributed by atoms with Crippen molar-refractivity contribution in [2.75, 3.05) is 0 Å². The summed E-state index contributed by atoms with van der Waals surface area (Å²) >= 11 is 5.09. The quantitative estimate of drug-likeness (QED) is 0.120. The number of rotatable bonds is 5. The van der Waals surface area contributed by atoms with E-state index in [2.05, 4.69) is 72.6 Å². The molecule has 0 radical (unpaired) electrons. The fourth-order valence-corrected chi connectivity index (χ4v) is 2.06. The van der Waals surface area contributed by atoms with Gasteiger partial charge in [-0.15, -0.1) is 0 Å². The van der Waals surface area contributed by atoms with Gasteiger partial charge in [-0.2, -0.15) is 5.10 Å². The largest absolute Gasteiger partial charge is 0.358 e. The summed E-state index contributed by atoms with van der Waals surface area (Å²) in [5, 5.41) is 3.45. The molecular formula is C24H32ClN2Pd-. The molecule has 28 heavy (non-hydrogen) atoms. The molecule has 156 valence electrons. The first-order chi connectivity index (χ1) is 12.6. The summed E-state index contributed by atoms with van der Waals surface area (Å²) in [7, 11) is 0. The summed E-state index contributed by atoms with van der Waals surface area (Å²) in [6, 6.07) is 19.1. The first-order valence-electron chi connectivity index (χ1n) is 8.59. The minimum absolute atomic E-state index is 0. The minimum Gasteiger partial charge on any atom is -0.358 e. The fraction of sp³-hybridized carbons (Fsp3) is 0.167. The maximum Gasteiger partial charge on any atom is 0.122 e. The van der Waals surface area contributed by atoms with Crippen molar-refractivity contribution in [1.82, 2.24) is 0 Å². The van der Waals surface area contributed by atoms with Gasteiger partial charge in [0.15, 0.2) is 0 Å². The third-order valence-corrected chi connectivity index (χ3v) is 3.33. The van der Waals surface area contributed by atoms with Gasteiger partial charge in [-0.3, -0.25) is 0 Å². The van der Waals surface area contributed by atoms with Crippen molar-refractivity contribution >= 4 is 22.3 Å². The minimum atomic E-state index is 0. The maximum atomic E-state index is 5.09. The summed E-state index contributed by atoms with van der Waals surface area (Å²) < 4.78 is 0. The van der Waals surface area contributed by atoms with Crippen molar-refractivity contribution in [2.24, 2.45) is 10.9 Å². The zero-order chi connectivity index (χ0) is 19.8. The van der Waals surface area contributed by atoms with Gasteiger partial charge in [0.2, 0.25) is 0 Å². The molecule has 0 atom stereocenters. The Morgan fingerprint density at radius 2 is 1.46 bits per heavy atom. The van der Waals surface area contributed by atoms with E-state index < -0.39 is 0 Å². The Hall–Kier alpha value is -1.92. The molecule has 2 aromatic carbocycles. The molecule has 0 saturated carbocycles. The second kappa shape index (κ2) is 19.8. The number of hydrogen-bond donors (Lipinski definition) is 1. The van der Waals surface area contributed by atoms with Crippen LogP contribution >= 0.6 is 11.6 Å². The summed E-state index contributed by atoms with van der Waals surface area (Å²) in [6.45, 7) is 13.2. The summed E-state index contributed by atoms with van der Waals surface area (Å²) in [4.78, 5) is 0. The van der Waals surface area contributed by atoms with Crippen molar-refractivity contribution in [3.05, 3.63) is 110 Å². The van der Waals surface area contributed by atoms with Crippen LogP contribution in [0.2, 0.25) is 0 Å². The van der Waals surface area contributed by atoms with Gasteiger partial charge in [0.25, 0.3) is 0 Å². The van der Waals surface area contributed by atoms with Gasteiger partial charge in [-0.25, -0.2) is 0 Å². The topological polar surface area (TPSA) is 38.4 Å². The average Bonchev–Trinajstić information content (AvgIpc) is 2.69. The van der Waals surface area contributed by atoms with E-state index >= 15 is 0 Å². The molecule has 0 saturated heterocycles. The van der Waals surface area contributed by atoms with Gasteiger partial charge in [0.05, 0.1) is 0 Å². The second-order valence-electron chi connectivity index (χ2n) is 5.05. The molecule has 0 heterocycles. The molecule has 2 N–H and O–H groups in total. The molecule has 4 heteroatoms. The molecule has 0 aliphatic carbocycles. The zero-order valence-electron chi connectivity index (χ0n) is 17.3. The van der Waals surface area contributed by atoms with Crippen LogP contribution in [0.4, 0.5) is 0 Å². The molecule has 0 bridgehead atoms. The van der Waals surface area contributed by atoms with Crippen LogP contribution < -0.4 is 5.84 Å². The van der Waals surface area contributed by atoms with Crippen LogP contribution in [-0.2, 0) is 26.8 Å². The van der Waals surface area contributed by atoms with Crippen molar-refractivity contribution in [2.45, 2.75) is 27.2 Å². The first-order valence-corrected chi connectivity index (χ1v) is 8.97. The molecule has 0 amide bonds. The number of nitrogens with zero attached hydrogens (tertiary/aromatic N) is 1. The molecule has 2 aromatic rings. The molecule has 2 nitrogen and oxygen atoms in total. The van der Waals surface area contributed by atoms with E-state index in [1.165, 1.54) is 16.7 Å². The molecule has 2 rings (SSSR count). The Labute approximate surface area is 190 Å². The van der Waals surface area contributed by atoms with Crippen LogP contribution in [-0.4, -0.2) is 5.17 Å². The average molecular weight is 490 g/mol. The smallest absolute Gasteiger partial charge is 0.122 e. The van der Waals surface area contributed by atoms with Gasteiger partial charge in [0.1, 0.15) is 5.17 Å². The number of benzene rings is 2. The third kappa shape index (κ3) is 13.3. The number of hydrazone groups is 1.